The SMILES string of the molecule is CC[C@H](C)[C@H](NC(=O)[C@H](C)N)C(=O)N[C@H]1CSSC(C)(C)[C@@H](C(=O)N[C@H](C(=O)N2CCC[C@H]2C(=O)N[C@@H](CC(=O)[O-])C(=O)[O-])[C@@H](C)CC)NC(=O)[C@H]([C@@H](C)CC)NC(=O)[C@@H]2C[C@@H]3CCCC[C@@H]3N2C(=O)[C@@H]2CCCN2C(=O)[C@H](CC(C)C)NC(=O)[C@H](CO)NC(=O)[C@H](CCCNC(=N)N)NC(=O)[C@H](CO)NC1=O.[Na+].[Na+]. The van der Waals surface area contributed by atoms with Crippen LogP contribution in [-0.4, -0.2) is 254 Å². The number of hydrogen-bond donors (Lipinski definition) is 16. The van der Waals surface area contributed by atoms with Gasteiger partial charge in [0.05, 0.1) is 31.3 Å². The zero-order valence-electron chi connectivity index (χ0n) is 65.8. The van der Waals surface area contributed by atoms with Crippen LogP contribution >= 0.6 is 21.6 Å². The van der Waals surface area contributed by atoms with E-state index in [1.807, 2.05) is 0 Å². The van der Waals surface area contributed by atoms with E-state index in [0.29, 0.717) is 32.1 Å². The molecule has 0 radical (unpaired) electrons. The van der Waals surface area contributed by atoms with E-state index in [1.165, 1.54) is 30.6 Å². The summed E-state index contributed by atoms with van der Waals surface area (Å²) in [6, 6.07) is -21.6. The van der Waals surface area contributed by atoms with Gasteiger partial charge in [-0.25, -0.2) is 0 Å². The summed E-state index contributed by atoms with van der Waals surface area (Å²) in [4.78, 5) is 219. The van der Waals surface area contributed by atoms with Crippen LogP contribution < -0.4 is 139 Å². The molecule has 5 fully saturated rings. The molecule has 36 nitrogen and oxygen atoms in total. The third-order valence-corrected chi connectivity index (χ3v) is 24.3. The molecule has 4 heterocycles. The molecule has 5 aliphatic rings. The van der Waals surface area contributed by atoms with E-state index in [2.05, 4.69) is 58.5 Å². The number of carbonyl (C=O) groups excluding carboxylic acids is 15. The second kappa shape index (κ2) is 46.3. The zero-order chi connectivity index (χ0) is 80.8. The molecule has 13 amide bonds. The van der Waals surface area contributed by atoms with Crippen molar-refractivity contribution in [3.8, 4) is 0 Å². The van der Waals surface area contributed by atoms with Crippen molar-refractivity contribution in [3.05, 3.63) is 0 Å². The number of carboxylic acids is 2. The smallest absolute Gasteiger partial charge is 0.550 e. The first-order valence-electron chi connectivity index (χ1n) is 37.6. The maximum Gasteiger partial charge on any atom is 1.00 e. The number of aliphatic carboxylic acids is 2. The largest absolute Gasteiger partial charge is 1.00 e. The van der Waals surface area contributed by atoms with Crippen LogP contribution in [-0.2, 0) is 71.9 Å². The van der Waals surface area contributed by atoms with Gasteiger partial charge < -0.3 is 115 Å². The van der Waals surface area contributed by atoms with Crippen molar-refractivity contribution in [2.75, 3.05) is 38.6 Å². The van der Waals surface area contributed by atoms with Crippen LogP contribution in [0.1, 0.15) is 179 Å². The topological polar surface area (TPSA) is 561 Å². The van der Waals surface area contributed by atoms with Crippen LogP contribution in [0.4, 0.5) is 0 Å². The van der Waals surface area contributed by atoms with Crippen molar-refractivity contribution in [2.45, 2.75) is 274 Å². The normalized spacial score (nSPS) is 27.4. The predicted molar refractivity (Wildman–Crippen MR) is 393 cm³/mol. The number of nitrogens with zero attached hydrogens (tertiary/aromatic N) is 3. The van der Waals surface area contributed by atoms with E-state index < -0.39 is 233 Å². The molecule has 0 spiro atoms. The van der Waals surface area contributed by atoms with Gasteiger partial charge in [0.25, 0.3) is 0 Å². The number of carbonyl (C=O) groups is 15. The second-order valence-corrected chi connectivity index (χ2v) is 33.0. The molecule has 18 N–H and O–H groups in total. The minimum Gasteiger partial charge on any atom is -0.550 e. The molecule has 0 unspecified atom stereocenters. The maximum atomic E-state index is 15.7. The van der Waals surface area contributed by atoms with Crippen molar-refractivity contribution < 1.29 is 151 Å². The molecule has 19 atom stereocenters. The van der Waals surface area contributed by atoms with Crippen LogP contribution in [0.15, 0.2) is 0 Å². The zero-order valence-corrected chi connectivity index (χ0v) is 71.4. The van der Waals surface area contributed by atoms with Gasteiger partial charge >= 0.3 is 59.1 Å². The first-order valence-corrected chi connectivity index (χ1v) is 39.9. The molecule has 1 aliphatic carbocycles. The molecule has 5 rings (SSSR count). The van der Waals surface area contributed by atoms with Crippen LogP contribution in [0.2, 0.25) is 0 Å². The average molecular weight is 1610 g/mol. The summed E-state index contributed by atoms with van der Waals surface area (Å²) in [5, 5.41) is 81.2. The Morgan fingerprint density at radius 2 is 1.24 bits per heavy atom. The van der Waals surface area contributed by atoms with Gasteiger partial charge in [0, 0.05) is 48.6 Å². The number of aliphatic hydroxyl groups excluding tert-OH is 2. The van der Waals surface area contributed by atoms with E-state index in [1.54, 1.807) is 55.4 Å². The van der Waals surface area contributed by atoms with E-state index in [9.17, 15) is 63.6 Å². The summed E-state index contributed by atoms with van der Waals surface area (Å²) in [5.74, 6) is -18.8. The van der Waals surface area contributed by atoms with E-state index in [4.69, 9.17) is 16.9 Å². The minimum atomic E-state index is -2.03. The fraction of sp³-hybridized carbons (Fsp3) is 0.771. The third kappa shape index (κ3) is 27.3. The van der Waals surface area contributed by atoms with Crippen molar-refractivity contribution in [1.82, 2.24) is 73.2 Å². The third-order valence-electron chi connectivity index (χ3n) is 21.0. The quantitative estimate of drug-likeness (QED) is 0.0126. The minimum absolute atomic E-state index is 0. The van der Waals surface area contributed by atoms with E-state index in [-0.39, 0.29) is 148 Å². The predicted octanol–water partition coefficient (Wildman–Crippen LogP) is -11.2. The molecular weight excluding hydrogens is 1490 g/mol. The number of rotatable bonds is 26. The fourth-order valence-electron chi connectivity index (χ4n) is 14.1. The molecule has 608 valence electrons. The molecule has 0 bridgehead atoms. The summed E-state index contributed by atoms with van der Waals surface area (Å²) in [6.45, 7) is 16.0. The number of nitrogens with two attached hydrogens (primary N) is 2. The van der Waals surface area contributed by atoms with Crippen LogP contribution in [0, 0.1) is 35.0 Å². The van der Waals surface area contributed by atoms with E-state index >= 15 is 28.8 Å². The summed E-state index contributed by atoms with van der Waals surface area (Å²) < 4.78 is -1.61. The number of likely N-dealkylation sites (tertiary alicyclic amines) is 1. The van der Waals surface area contributed by atoms with Gasteiger partial charge in [-0.3, -0.25) is 67.7 Å². The van der Waals surface area contributed by atoms with Crippen molar-refractivity contribution in [1.29, 1.82) is 5.41 Å². The van der Waals surface area contributed by atoms with Gasteiger partial charge in [-0.05, 0) is 115 Å². The fourth-order valence-corrected chi connectivity index (χ4v) is 17.0. The number of fused-ring (bicyclic) bond motifs is 4. The Labute approximate surface area is 695 Å². The average Bonchev–Trinajstić information content (AvgIpc) is 1.61. The number of hydrogen-bond acceptors (Lipinski definition) is 23. The summed E-state index contributed by atoms with van der Waals surface area (Å²) in [5.41, 5.74) is 11.4. The molecule has 0 aromatic rings. The summed E-state index contributed by atoms with van der Waals surface area (Å²) in [6.07, 6.45) is 3.02. The van der Waals surface area contributed by atoms with Crippen LogP contribution in [0.25, 0.3) is 0 Å². The van der Waals surface area contributed by atoms with Gasteiger partial charge in [0.1, 0.15) is 72.5 Å². The number of aliphatic hydroxyl groups is 2. The van der Waals surface area contributed by atoms with Crippen molar-refractivity contribution >= 4 is 116 Å². The Morgan fingerprint density at radius 1 is 0.655 bits per heavy atom. The molecule has 0 aromatic heterocycles. The summed E-state index contributed by atoms with van der Waals surface area (Å²) >= 11 is 0. The Kier molecular flexibility index (Phi) is 41.3. The molecular formula is C70H115N17Na2O19S2. The van der Waals surface area contributed by atoms with Gasteiger partial charge in [0.15, 0.2) is 5.96 Å². The number of nitrogens with one attached hydrogen (secondary N) is 12. The monoisotopic (exact) mass is 1610 g/mol. The standard InChI is InChI=1S/C70H117N17O19S2.2Na/c1-12-35(6)51(81-55(92)38(9)71)62(99)80-45-33-107-108-70(10,11)54(64(101)83-53(37(8)14-3)67(104)85-26-18-23-47(85)60(97)77-42(68(105)106)30-50(90)91)84-63(100)52(36(7)13-2)82-61(98)49-29-39-20-15-16-22-46(39)87(49)66(103)48-24-19-27-86(48)65(102)41(28-34(4)5)76-58(95)44(32-89)78-56(93)40(21-17-25-74-69(72)73)75-57(94)43(31-88)79-59(45)96;;/h34-49,51-54,88-89H,12-33,71H2,1-11H3,(H,75,94)(H,76,95)(H,77,97)(H,78,93)(H,79,96)(H,80,99)(H,81,92)(H,82,98)(H,83,101)(H,84,100)(H,90,91)(H,105,106)(H4,72,73,74);;/q;2*+1/p-2/t35-,36-,37-,38-,39-,40-,41-,42-,43-,44-,45-,46-,47-,48-,49-,51-,52-,53-,54+;;/m0../s1. The summed E-state index contributed by atoms with van der Waals surface area (Å²) in [7, 11) is 1.74. The van der Waals surface area contributed by atoms with Crippen molar-refractivity contribution in [2.24, 2.45) is 41.1 Å². The number of carboxylic acid groups (broad SMARTS) is 2. The number of amides is 13. The Bertz CT molecular complexity index is 3260. The first-order chi connectivity index (χ1) is 50.9. The first kappa shape index (κ1) is 98.1. The molecule has 4 saturated heterocycles. The molecule has 4 aliphatic heterocycles. The Morgan fingerprint density at radius 3 is 1.81 bits per heavy atom. The van der Waals surface area contributed by atoms with Gasteiger partial charge in [0.2, 0.25) is 76.8 Å². The maximum absolute atomic E-state index is 15.7. The molecule has 0 aromatic carbocycles. The van der Waals surface area contributed by atoms with E-state index in [0.717, 1.165) is 32.9 Å². The Balaban J connectivity index is 0.0000157. The Hall–Kier alpha value is -6.10. The van der Waals surface area contributed by atoms with Crippen LogP contribution in [0.3, 0.4) is 0 Å². The van der Waals surface area contributed by atoms with Crippen LogP contribution in [0.5, 0.6) is 0 Å². The van der Waals surface area contributed by atoms with Crippen molar-refractivity contribution in [3.63, 3.8) is 0 Å². The molecule has 110 heavy (non-hydrogen) atoms. The number of guanidine groups is 1. The molecule has 1 saturated carbocycles. The van der Waals surface area contributed by atoms with Gasteiger partial charge in [-0.2, -0.15) is 0 Å². The van der Waals surface area contributed by atoms with Gasteiger partial charge in [-0.15, -0.1) is 0 Å². The second-order valence-electron chi connectivity index (χ2n) is 30.0. The van der Waals surface area contributed by atoms with Gasteiger partial charge in [-0.1, -0.05) is 109 Å². The molecule has 40 heteroatoms.